The van der Waals surface area contributed by atoms with Gasteiger partial charge >= 0.3 is 0 Å². The van der Waals surface area contributed by atoms with E-state index in [1.165, 1.54) is 17.8 Å². The number of aryl methyl sites for hydroxylation is 1. The van der Waals surface area contributed by atoms with Gasteiger partial charge in [0.15, 0.2) is 5.16 Å². The Morgan fingerprint density at radius 3 is 2.90 bits per heavy atom. The number of nitrogens with one attached hydrogen (secondary N) is 2. The predicted molar refractivity (Wildman–Crippen MR) is 83.3 cm³/mol. The topological polar surface area (TPSA) is 101 Å². The summed E-state index contributed by atoms with van der Waals surface area (Å²) in [4.78, 5) is 30.4. The lowest BCUT2D eigenvalue weighted by Crippen LogP contribution is -2.56. The molecule has 6 nitrogen and oxygen atoms in total. The van der Waals surface area contributed by atoms with Gasteiger partial charge in [-0.25, -0.2) is 4.98 Å². The van der Waals surface area contributed by atoms with Crippen molar-refractivity contribution in [1.29, 1.82) is 0 Å². The van der Waals surface area contributed by atoms with Gasteiger partial charge in [-0.15, -0.1) is 0 Å². The van der Waals surface area contributed by atoms with Crippen LogP contribution in [0.1, 0.15) is 38.8 Å². The van der Waals surface area contributed by atoms with E-state index in [4.69, 9.17) is 5.73 Å². The van der Waals surface area contributed by atoms with Crippen LogP contribution in [0.5, 0.6) is 0 Å². The van der Waals surface area contributed by atoms with Crippen LogP contribution in [0.25, 0.3) is 0 Å². The van der Waals surface area contributed by atoms with Crippen molar-refractivity contribution in [2.45, 2.75) is 56.3 Å². The van der Waals surface area contributed by atoms with E-state index in [-0.39, 0.29) is 11.5 Å². The van der Waals surface area contributed by atoms with Gasteiger partial charge in [0.25, 0.3) is 5.56 Å². The minimum atomic E-state index is -0.787. The summed E-state index contributed by atoms with van der Waals surface area (Å²) in [6, 6.07) is 1.89. The molecule has 1 aliphatic rings. The van der Waals surface area contributed by atoms with Crippen LogP contribution in [0.4, 0.5) is 0 Å². The van der Waals surface area contributed by atoms with Crippen molar-refractivity contribution in [1.82, 2.24) is 15.3 Å². The second-order valence-electron chi connectivity index (χ2n) is 5.70. The molecule has 116 valence electrons. The molecular weight excluding hydrogens is 288 g/mol. The summed E-state index contributed by atoms with van der Waals surface area (Å²) < 4.78 is 0. The highest BCUT2D eigenvalue weighted by Gasteiger charge is 2.37. The van der Waals surface area contributed by atoms with Crippen LogP contribution < -0.4 is 16.6 Å². The number of carbonyl (C=O) groups excluding carboxylic acids is 1. The van der Waals surface area contributed by atoms with Gasteiger partial charge < -0.3 is 16.0 Å². The number of nitrogens with two attached hydrogens (primary N) is 1. The van der Waals surface area contributed by atoms with E-state index >= 15 is 0 Å². The van der Waals surface area contributed by atoms with Crippen LogP contribution in [-0.2, 0) is 11.2 Å². The summed E-state index contributed by atoms with van der Waals surface area (Å²) in [5.74, 6) is 0.0612. The van der Waals surface area contributed by atoms with Gasteiger partial charge in [0, 0.05) is 23.6 Å². The number of nitrogens with zero attached hydrogens (tertiary/aromatic N) is 1. The average molecular weight is 310 g/mol. The molecule has 0 aliphatic heterocycles. The van der Waals surface area contributed by atoms with E-state index in [1.807, 2.05) is 6.92 Å². The second kappa shape index (κ2) is 6.62. The van der Waals surface area contributed by atoms with Crippen LogP contribution >= 0.6 is 11.8 Å². The lowest BCUT2D eigenvalue weighted by Gasteiger charge is -2.26. The smallest absolute Gasteiger partial charge is 0.251 e. The maximum absolute atomic E-state index is 11.7. The Bertz CT molecular complexity index is 570. The molecule has 1 atom stereocenters. The molecule has 1 aromatic heterocycles. The minimum Gasteiger partial charge on any atom is -0.368 e. The van der Waals surface area contributed by atoms with Crippen LogP contribution in [0.15, 0.2) is 16.0 Å². The first-order valence-electron chi connectivity index (χ1n) is 7.23. The van der Waals surface area contributed by atoms with Crippen LogP contribution in [0, 0.1) is 0 Å². The van der Waals surface area contributed by atoms with Gasteiger partial charge in [-0.3, -0.25) is 9.59 Å². The van der Waals surface area contributed by atoms with Crippen molar-refractivity contribution in [3.63, 3.8) is 0 Å². The Morgan fingerprint density at radius 2 is 2.33 bits per heavy atom. The Labute approximate surface area is 128 Å². The number of carbonyl (C=O) groups is 1. The summed E-state index contributed by atoms with van der Waals surface area (Å²) in [7, 11) is 0. The summed E-state index contributed by atoms with van der Waals surface area (Å²) in [5.41, 5.74) is 5.34. The van der Waals surface area contributed by atoms with E-state index in [1.54, 1.807) is 6.92 Å². The fraction of sp³-hybridized carbons (Fsp3) is 0.643. The molecule has 1 fully saturated rings. The maximum atomic E-state index is 11.7. The van der Waals surface area contributed by atoms with E-state index in [0.717, 1.165) is 31.4 Å². The first-order valence-corrected chi connectivity index (χ1v) is 8.22. The fourth-order valence-corrected chi connectivity index (χ4v) is 3.02. The van der Waals surface area contributed by atoms with Crippen molar-refractivity contribution >= 4 is 17.7 Å². The molecule has 0 radical (unpaired) electrons. The molecule has 1 unspecified atom stereocenters. The number of thioether (sulfide) groups is 1. The van der Waals surface area contributed by atoms with Gasteiger partial charge in [-0.05, 0) is 26.2 Å². The maximum Gasteiger partial charge on any atom is 0.251 e. The van der Waals surface area contributed by atoms with Crippen molar-refractivity contribution in [2.75, 3.05) is 5.75 Å². The van der Waals surface area contributed by atoms with Crippen LogP contribution in [-0.4, -0.2) is 33.2 Å². The van der Waals surface area contributed by atoms with E-state index in [2.05, 4.69) is 15.3 Å². The molecule has 1 heterocycles. The molecule has 0 saturated heterocycles. The van der Waals surface area contributed by atoms with Gasteiger partial charge in [-0.2, -0.15) is 0 Å². The number of aromatic nitrogens is 2. The lowest BCUT2D eigenvalue weighted by atomic mass is 10.1. The molecule has 0 aromatic carbocycles. The lowest BCUT2D eigenvalue weighted by molar-refractivity contribution is -0.123. The Hall–Kier alpha value is -1.34. The molecule has 1 saturated carbocycles. The molecule has 1 amide bonds. The first kappa shape index (κ1) is 16.0. The van der Waals surface area contributed by atoms with Gasteiger partial charge in [0.1, 0.15) is 5.54 Å². The highest BCUT2D eigenvalue weighted by atomic mass is 32.2. The third-order valence-corrected chi connectivity index (χ3v) is 4.61. The van der Waals surface area contributed by atoms with Crippen molar-refractivity contribution in [2.24, 2.45) is 5.73 Å². The molecule has 1 aromatic rings. The number of hydrogen-bond donors (Lipinski definition) is 3. The monoisotopic (exact) mass is 310 g/mol. The second-order valence-corrected chi connectivity index (χ2v) is 6.66. The molecule has 21 heavy (non-hydrogen) atoms. The Morgan fingerprint density at radius 1 is 1.62 bits per heavy atom. The Kier molecular flexibility index (Phi) is 5.05. The quantitative estimate of drug-likeness (QED) is 0.487. The van der Waals surface area contributed by atoms with E-state index < -0.39 is 5.54 Å². The van der Waals surface area contributed by atoms with Crippen LogP contribution in [0.3, 0.4) is 0 Å². The van der Waals surface area contributed by atoms with Crippen molar-refractivity contribution < 1.29 is 4.79 Å². The van der Waals surface area contributed by atoms with Gasteiger partial charge in [0.05, 0.1) is 0 Å². The highest BCUT2D eigenvalue weighted by molar-refractivity contribution is 7.99. The zero-order chi connectivity index (χ0) is 15.5. The fourth-order valence-electron chi connectivity index (χ4n) is 2.01. The third-order valence-electron chi connectivity index (χ3n) is 3.42. The third kappa shape index (κ3) is 4.57. The zero-order valence-electron chi connectivity index (χ0n) is 12.4. The molecule has 1 aliphatic carbocycles. The van der Waals surface area contributed by atoms with Crippen molar-refractivity contribution in [3.8, 4) is 0 Å². The Balaban J connectivity index is 2.06. The summed E-state index contributed by atoms with van der Waals surface area (Å²) in [6.07, 6.45) is 3.86. The van der Waals surface area contributed by atoms with E-state index in [9.17, 15) is 9.59 Å². The van der Waals surface area contributed by atoms with E-state index in [0.29, 0.717) is 17.0 Å². The summed E-state index contributed by atoms with van der Waals surface area (Å²) in [6.45, 7) is 3.84. The molecule has 2 rings (SSSR count). The van der Waals surface area contributed by atoms with Crippen molar-refractivity contribution in [3.05, 3.63) is 22.1 Å². The summed E-state index contributed by atoms with van der Waals surface area (Å²) >= 11 is 1.35. The number of amides is 1. The molecule has 4 N–H and O–H groups in total. The van der Waals surface area contributed by atoms with Crippen LogP contribution in [0.2, 0.25) is 0 Å². The molecular formula is C14H22N4O2S. The number of hydrogen-bond acceptors (Lipinski definition) is 5. The molecule has 0 spiro atoms. The standard InChI is InChI=1S/C14H22N4O2S/c1-3-4-10-7-11(19)17-13(16-10)21-8-14(2,12(15)20)18-9-5-6-9/h7,9,18H,3-6,8H2,1-2H3,(H2,15,20)(H,16,17,19). The van der Waals surface area contributed by atoms with Gasteiger partial charge in [-0.1, -0.05) is 25.1 Å². The predicted octanol–water partition coefficient (Wildman–Crippen LogP) is 0.811. The normalized spacial score (nSPS) is 17.4. The number of aromatic amines is 1. The zero-order valence-corrected chi connectivity index (χ0v) is 13.3. The van der Waals surface area contributed by atoms with Gasteiger partial charge in [0.2, 0.25) is 5.91 Å². The molecule has 7 heteroatoms. The number of H-pyrrole nitrogens is 1. The SMILES string of the molecule is CCCc1cc(=O)[nH]c(SCC(C)(NC2CC2)C(N)=O)n1. The summed E-state index contributed by atoms with van der Waals surface area (Å²) in [5, 5.41) is 3.81. The largest absolute Gasteiger partial charge is 0.368 e. The minimum absolute atomic E-state index is 0.160. The first-order chi connectivity index (χ1) is 9.93. The number of rotatable bonds is 8. The highest BCUT2D eigenvalue weighted by Crippen LogP contribution is 2.26. The molecule has 0 bridgehead atoms. The average Bonchev–Trinajstić information content (AvgIpc) is 3.20. The number of primary amides is 1.